The number of halogens is 3. The molecule has 27 heavy (non-hydrogen) atoms. The number of nitrogens with zero attached hydrogens (tertiary/aromatic N) is 1. The summed E-state index contributed by atoms with van der Waals surface area (Å²) >= 11 is 0. The summed E-state index contributed by atoms with van der Waals surface area (Å²) in [5.41, 5.74) is 0.641. The molecule has 1 aliphatic carbocycles. The van der Waals surface area contributed by atoms with E-state index in [4.69, 9.17) is 4.74 Å². The highest BCUT2D eigenvalue weighted by atomic mass is 19.4. The van der Waals surface area contributed by atoms with Gasteiger partial charge in [0.1, 0.15) is 5.75 Å². The topological polar surface area (TPSA) is 58.6 Å². The predicted molar refractivity (Wildman–Crippen MR) is 93.4 cm³/mol. The number of hydrogen-bond donors (Lipinski definition) is 1. The Morgan fingerprint density at radius 3 is 2.48 bits per heavy atom. The molecule has 8 heteroatoms. The highest BCUT2D eigenvalue weighted by molar-refractivity contribution is 6.00. The van der Waals surface area contributed by atoms with Crippen LogP contribution in [-0.2, 0) is 9.59 Å². The molecule has 1 aromatic rings. The Hall–Kier alpha value is -2.25. The van der Waals surface area contributed by atoms with E-state index in [0.717, 1.165) is 0 Å². The minimum Gasteiger partial charge on any atom is -0.497 e. The number of ether oxygens (including phenoxy) is 1. The summed E-state index contributed by atoms with van der Waals surface area (Å²) in [5.74, 6) is -2.19. The van der Waals surface area contributed by atoms with E-state index < -0.39 is 30.0 Å². The summed E-state index contributed by atoms with van der Waals surface area (Å²) in [6.07, 6.45) is -2.78. The lowest BCUT2D eigenvalue weighted by atomic mass is 9.83. The summed E-state index contributed by atoms with van der Waals surface area (Å²) in [5, 5.41) is 2.57. The molecule has 0 radical (unpaired) electrons. The third-order valence-electron chi connectivity index (χ3n) is 5.39. The van der Waals surface area contributed by atoms with Crippen LogP contribution in [0.1, 0.15) is 32.1 Å². The van der Waals surface area contributed by atoms with Crippen molar-refractivity contribution in [3.05, 3.63) is 24.3 Å². The molecule has 148 valence electrons. The van der Waals surface area contributed by atoms with Crippen molar-refractivity contribution in [1.82, 2.24) is 5.32 Å². The first-order valence-electron chi connectivity index (χ1n) is 9.11. The number of alkyl halides is 3. The van der Waals surface area contributed by atoms with Gasteiger partial charge in [0.2, 0.25) is 11.8 Å². The average molecular weight is 384 g/mol. The number of carbonyl (C=O) groups is 2. The van der Waals surface area contributed by atoms with E-state index in [0.29, 0.717) is 30.7 Å². The maximum Gasteiger partial charge on any atom is 0.393 e. The van der Waals surface area contributed by atoms with Crippen molar-refractivity contribution in [2.45, 2.75) is 44.3 Å². The van der Waals surface area contributed by atoms with Gasteiger partial charge in [-0.1, -0.05) is 12.8 Å². The minimum atomic E-state index is -4.32. The largest absolute Gasteiger partial charge is 0.497 e. The van der Waals surface area contributed by atoms with Crippen LogP contribution in [0.3, 0.4) is 0 Å². The monoisotopic (exact) mass is 384 g/mol. The van der Waals surface area contributed by atoms with Gasteiger partial charge < -0.3 is 15.0 Å². The summed E-state index contributed by atoms with van der Waals surface area (Å²) in [4.78, 5) is 26.3. The molecule has 1 aromatic carbocycles. The number of carbonyl (C=O) groups excluding carboxylic acids is 2. The predicted octanol–water partition coefficient (Wildman–Crippen LogP) is 3.29. The van der Waals surface area contributed by atoms with Crippen LogP contribution in [0.2, 0.25) is 0 Å². The van der Waals surface area contributed by atoms with E-state index in [1.807, 2.05) is 0 Å². The molecule has 0 bridgehead atoms. The van der Waals surface area contributed by atoms with Gasteiger partial charge in [-0.15, -0.1) is 0 Å². The molecule has 3 atom stereocenters. The van der Waals surface area contributed by atoms with Crippen LogP contribution in [0.4, 0.5) is 18.9 Å². The van der Waals surface area contributed by atoms with Crippen molar-refractivity contribution in [2.24, 2.45) is 11.8 Å². The van der Waals surface area contributed by atoms with Gasteiger partial charge in [-0.05, 0) is 37.1 Å². The van der Waals surface area contributed by atoms with Gasteiger partial charge in [0.25, 0.3) is 0 Å². The quantitative estimate of drug-likeness (QED) is 0.867. The second-order valence-electron chi connectivity index (χ2n) is 7.15. The second-order valence-corrected chi connectivity index (χ2v) is 7.15. The lowest BCUT2D eigenvalue weighted by molar-refractivity contribution is -0.189. The number of amides is 2. The number of anilines is 1. The van der Waals surface area contributed by atoms with Gasteiger partial charge in [0.15, 0.2) is 0 Å². The van der Waals surface area contributed by atoms with Crippen LogP contribution >= 0.6 is 0 Å². The first-order valence-corrected chi connectivity index (χ1v) is 9.11. The van der Waals surface area contributed by atoms with Crippen molar-refractivity contribution in [3.63, 3.8) is 0 Å². The summed E-state index contributed by atoms with van der Waals surface area (Å²) in [6, 6.07) is 5.96. The van der Waals surface area contributed by atoms with Crippen molar-refractivity contribution < 1.29 is 27.5 Å². The first kappa shape index (κ1) is 19.5. The third-order valence-corrected chi connectivity index (χ3v) is 5.39. The second kappa shape index (κ2) is 7.78. The zero-order valence-corrected chi connectivity index (χ0v) is 15.1. The maximum absolute atomic E-state index is 13.2. The van der Waals surface area contributed by atoms with Crippen LogP contribution < -0.4 is 15.0 Å². The molecule has 3 unspecified atom stereocenters. The standard InChI is InChI=1S/C19H23F3N2O3/c1-27-14-8-6-13(7-9-14)24-11-12(10-17(24)25)18(26)23-16-5-3-2-4-15(16)19(20,21)22/h6-9,12,15-16H,2-5,10-11H2,1H3,(H,23,26). The third kappa shape index (κ3) is 4.36. The number of rotatable bonds is 4. The molecule has 1 saturated heterocycles. The molecule has 0 aromatic heterocycles. The number of nitrogens with one attached hydrogen (secondary N) is 1. The van der Waals surface area contributed by atoms with E-state index in [1.165, 1.54) is 12.0 Å². The summed E-state index contributed by atoms with van der Waals surface area (Å²) in [6.45, 7) is 0.167. The Kier molecular flexibility index (Phi) is 5.62. The maximum atomic E-state index is 13.2. The minimum absolute atomic E-state index is 0.00126. The van der Waals surface area contributed by atoms with Gasteiger partial charge >= 0.3 is 6.18 Å². The van der Waals surface area contributed by atoms with E-state index in [-0.39, 0.29) is 25.3 Å². The fourth-order valence-electron chi connectivity index (χ4n) is 3.89. The molecular weight excluding hydrogens is 361 g/mol. The van der Waals surface area contributed by atoms with E-state index in [2.05, 4.69) is 5.32 Å². The zero-order valence-electron chi connectivity index (χ0n) is 15.1. The molecule has 1 heterocycles. The normalized spacial score (nSPS) is 26.1. The van der Waals surface area contributed by atoms with E-state index >= 15 is 0 Å². The molecule has 2 fully saturated rings. The fraction of sp³-hybridized carbons (Fsp3) is 0.579. The summed E-state index contributed by atoms with van der Waals surface area (Å²) in [7, 11) is 1.54. The van der Waals surface area contributed by atoms with Gasteiger partial charge in [-0.3, -0.25) is 9.59 Å². The molecule has 1 saturated carbocycles. The zero-order chi connectivity index (χ0) is 19.6. The van der Waals surface area contributed by atoms with Gasteiger partial charge in [-0.2, -0.15) is 13.2 Å². The highest BCUT2D eigenvalue weighted by Gasteiger charge is 2.47. The van der Waals surface area contributed by atoms with Gasteiger partial charge in [0.05, 0.1) is 18.9 Å². The first-order chi connectivity index (χ1) is 12.8. The van der Waals surface area contributed by atoms with Crippen molar-refractivity contribution in [3.8, 4) is 5.75 Å². The molecule has 5 nitrogen and oxygen atoms in total. The van der Waals surface area contributed by atoms with E-state index in [9.17, 15) is 22.8 Å². The lowest BCUT2D eigenvalue weighted by Gasteiger charge is -2.34. The molecule has 1 aliphatic heterocycles. The fourth-order valence-corrected chi connectivity index (χ4v) is 3.89. The van der Waals surface area contributed by atoms with Crippen LogP contribution in [0, 0.1) is 11.8 Å². The van der Waals surface area contributed by atoms with Crippen LogP contribution in [-0.4, -0.2) is 37.7 Å². The average Bonchev–Trinajstić information content (AvgIpc) is 3.03. The van der Waals surface area contributed by atoms with Gasteiger partial charge in [-0.25, -0.2) is 0 Å². The van der Waals surface area contributed by atoms with Crippen LogP contribution in [0.5, 0.6) is 5.75 Å². The SMILES string of the molecule is COc1ccc(N2CC(C(=O)NC3CCCCC3C(F)(F)F)CC2=O)cc1. The van der Waals surface area contributed by atoms with Crippen LogP contribution in [0.15, 0.2) is 24.3 Å². The van der Waals surface area contributed by atoms with E-state index in [1.54, 1.807) is 24.3 Å². The molecular formula is C19H23F3N2O3. The molecule has 2 amide bonds. The van der Waals surface area contributed by atoms with Crippen molar-refractivity contribution in [1.29, 1.82) is 0 Å². The Balaban J connectivity index is 1.64. The Bertz CT molecular complexity index is 690. The van der Waals surface area contributed by atoms with Crippen molar-refractivity contribution >= 4 is 17.5 Å². The smallest absolute Gasteiger partial charge is 0.393 e. The highest BCUT2D eigenvalue weighted by Crippen LogP contribution is 2.38. The molecule has 2 aliphatic rings. The lowest BCUT2D eigenvalue weighted by Crippen LogP contribution is -2.49. The Morgan fingerprint density at radius 2 is 1.85 bits per heavy atom. The number of hydrogen-bond acceptors (Lipinski definition) is 3. The van der Waals surface area contributed by atoms with Crippen LogP contribution in [0.25, 0.3) is 0 Å². The van der Waals surface area contributed by atoms with Gasteiger partial charge in [0, 0.05) is 24.7 Å². The number of methoxy groups -OCH3 is 1. The molecule has 1 N–H and O–H groups in total. The Morgan fingerprint density at radius 1 is 1.19 bits per heavy atom. The Labute approximate surface area is 155 Å². The molecule has 0 spiro atoms. The number of benzene rings is 1. The molecule has 3 rings (SSSR count). The van der Waals surface area contributed by atoms with Crippen molar-refractivity contribution in [2.75, 3.05) is 18.6 Å². The summed E-state index contributed by atoms with van der Waals surface area (Å²) < 4.78 is 44.7.